The van der Waals surface area contributed by atoms with E-state index in [9.17, 15) is 9.59 Å². The highest BCUT2D eigenvalue weighted by atomic mass is 16.7. The quantitative estimate of drug-likeness (QED) is 0.221. The van der Waals surface area contributed by atoms with Gasteiger partial charge in [0, 0.05) is 13.1 Å². The molecule has 11 heavy (non-hydrogen) atoms. The lowest BCUT2D eigenvalue weighted by Gasteiger charge is -1.98. The molecule has 0 aromatic heterocycles. The third-order valence-corrected chi connectivity index (χ3v) is 0.586. The van der Waals surface area contributed by atoms with Crippen LogP contribution in [0.15, 0.2) is 0 Å². The Morgan fingerprint density at radius 1 is 1.55 bits per heavy atom. The number of nitrogens with two attached hydrogens (primary N) is 1. The molecule has 0 rings (SSSR count). The molecule has 7 N–H and O–H groups in total. The van der Waals surface area contributed by atoms with E-state index in [1.807, 2.05) is 0 Å². The fourth-order valence-electron chi connectivity index (χ4n) is 0.219. The summed E-state index contributed by atoms with van der Waals surface area (Å²) in [6.07, 6.45) is 0. The second-order valence-electron chi connectivity index (χ2n) is 1.38. The van der Waals surface area contributed by atoms with Gasteiger partial charge in [0.2, 0.25) is 0 Å². The van der Waals surface area contributed by atoms with E-state index in [2.05, 4.69) is 10.3 Å². The average Bonchev–Trinajstić information content (AvgIpc) is 1.88. The molecule has 0 aliphatic heterocycles. The van der Waals surface area contributed by atoms with Gasteiger partial charge in [-0.05, 0) is 0 Å². The lowest BCUT2D eigenvalue weighted by atomic mass is 10.7. The minimum Gasteiger partial charge on any atom is -0.473 e. The SMILES string of the molecule is N.NCCNOC(=O)C(=O)O. The summed E-state index contributed by atoms with van der Waals surface area (Å²) < 4.78 is 0. The van der Waals surface area contributed by atoms with E-state index in [0.29, 0.717) is 0 Å². The molecule has 0 bridgehead atoms. The number of carbonyl (C=O) groups excluding carboxylic acids is 1. The summed E-state index contributed by atoms with van der Waals surface area (Å²) in [5.41, 5.74) is 7.05. The minimum absolute atomic E-state index is 0. The van der Waals surface area contributed by atoms with E-state index < -0.39 is 11.9 Å². The van der Waals surface area contributed by atoms with Crippen LogP contribution in [0.1, 0.15) is 0 Å². The number of hydrogen-bond donors (Lipinski definition) is 4. The van der Waals surface area contributed by atoms with Crippen molar-refractivity contribution < 1.29 is 19.5 Å². The average molecular weight is 165 g/mol. The van der Waals surface area contributed by atoms with E-state index in [0.717, 1.165) is 0 Å². The Morgan fingerprint density at radius 3 is 2.45 bits per heavy atom. The van der Waals surface area contributed by atoms with Crippen molar-refractivity contribution in [2.45, 2.75) is 0 Å². The van der Waals surface area contributed by atoms with Gasteiger partial charge in [-0.2, -0.15) is 5.48 Å². The molecule has 0 saturated carbocycles. The van der Waals surface area contributed by atoms with Gasteiger partial charge in [-0.3, -0.25) is 0 Å². The van der Waals surface area contributed by atoms with Crippen molar-refractivity contribution in [1.82, 2.24) is 11.6 Å². The van der Waals surface area contributed by atoms with Gasteiger partial charge in [-0.25, -0.2) is 9.59 Å². The van der Waals surface area contributed by atoms with E-state index >= 15 is 0 Å². The maximum Gasteiger partial charge on any atom is 0.435 e. The van der Waals surface area contributed by atoms with Crippen molar-refractivity contribution in [2.75, 3.05) is 13.1 Å². The first-order chi connectivity index (χ1) is 4.68. The number of hydrogen-bond acceptors (Lipinski definition) is 6. The van der Waals surface area contributed by atoms with Gasteiger partial charge in [0.15, 0.2) is 0 Å². The van der Waals surface area contributed by atoms with E-state index in [4.69, 9.17) is 10.8 Å². The zero-order valence-corrected chi connectivity index (χ0v) is 5.87. The number of nitrogens with one attached hydrogen (secondary N) is 1. The Kier molecular flexibility index (Phi) is 7.87. The number of rotatable bonds is 3. The van der Waals surface area contributed by atoms with Gasteiger partial charge < -0.3 is 21.8 Å². The lowest BCUT2D eigenvalue weighted by Crippen LogP contribution is -2.29. The van der Waals surface area contributed by atoms with Crippen molar-refractivity contribution in [1.29, 1.82) is 0 Å². The van der Waals surface area contributed by atoms with E-state index in [1.54, 1.807) is 0 Å². The molecule has 0 aliphatic rings. The third kappa shape index (κ3) is 6.71. The fourth-order valence-corrected chi connectivity index (χ4v) is 0.219. The molecule has 0 aliphatic carbocycles. The van der Waals surface area contributed by atoms with Gasteiger partial charge in [-0.1, -0.05) is 0 Å². The lowest BCUT2D eigenvalue weighted by molar-refractivity contribution is -0.168. The topological polar surface area (TPSA) is 137 Å². The number of carboxylic acid groups (broad SMARTS) is 1. The first kappa shape index (κ1) is 12.5. The highest BCUT2D eigenvalue weighted by Gasteiger charge is 2.11. The molecule has 0 aromatic carbocycles. The maximum absolute atomic E-state index is 10.1. The van der Waals surface area contributed by atoms with Gasteiger partial charge in [0.25, 0.3) is 0 Å². The van der Waals surface area contributed by atoms with Crippen molar-refractivity contribution in [3.05, 3.63) is 0 Å². The van der Waals surface area contributed by atoms with Gasteiger partial charge in [0.05, 0.1) is 0 Å². The summed E-state index contributed by atoms with van der Waals surface area (Å²) >= 11 is 0. The molecular formula is C4H11N3O4. The number of aliphatic carboxylic acids is 1. The summed E-state index contributed by atoms with van der Waals surface area (Å²) in [5, 5.41) is 7.94. The summed E-state index contributed by atoms with van der Waals surface area (Å²) in [6.45, 7) is 0.506. The molecule has 0 heterocycles. The Bertz CT molecular complexity index is 137. The van der Waals surface area contributed by atoms with Crippen LogP contribution in [0.2, 0.25) is 0 Å². The van der Waals surface area contributed by atoms with Crippen LogP contribution in [0, 0.1) is 0 Å². The zero-order chi connectivity index (χ0) is 7.98. The molecule has 7 nitrogen and oxygen atoms in total. The summed E-state index contributed by atoms with van der Waals surface area (Å²) in [6, 6.07) is 0. The molecule has 0 unspecified atom stereocenters. The van der Waals surface area contributed by atoms with Crippen LogP contribution < -0.4 is 17.4 Å². The maximum atomic E-state index is 10.1. The molecule has 0 fully saturated rings. The van der Waals surface area contributed by atoms with Crippen LogP contribution in [0.4, 0.5) is 0 Å². The minimum atomic E-state index is -1.63. The first-order valence-corrected chi connectivity index (χ1v) is 2.55. The van der Waals surface area contributed by atoms with Gasteiger partial charge in [0.1, 0.15) is 0 Å². The van der Waals surface area contributed by atoms with Crippen molar-refractivity contribution in [3.8, 4) is 0 Å². The molecule has 7 heteroatoms. The third-order valence-electron chi connectivity index (χ3n) is 0.586. The largest absolute Gasteiger partial charge is 0.473 e. The second-order valence-corrected chi connectivity index (χ2v) is 1.38. The van der Waals surface area contributed by atoms with E-state index in [1.165, 1.54) is 0 Å². The number of carboxylic acids is 1. The molecule has 66 valence electrons. The Labute approximate surface area is 63.0 Å². The highest BCUT2D eigenvalue weighted by Crippen LogP contribution is 1.70. The second kappa shape index (κ2) is 6.93. The predicted octanol–water partition coefficient (Wildman–Crippen LogP) is -1.76. The van der Waals surface area contributed by atoms with Gasteiger partial charge in [-0.15, -0.1) is 0 Å². The fraction of sp³-hybridized carbons (Fsp3) is 0.500. The van der Waals surface area contributed by atoms with Crippen LogP contribution in [0.25, 0.3) is 0 Å². The summed E-state index contributed by atoms with van der Waals surface area (Å²) in [7, 11) is 0. The molecule has 0 saturated heterocycles. The van der Waals surface area contributed by atoms with Crippen LogP contribution >= 0.6 is 0 Å². The monoisotopic (exact) mass is 165 g/mol. The standard InChI is InChI=1S/C4H8N2O4.H3N/c5-1-2-6-10-4(9)3(7)8;/h6H,1-2,5H2,(H,7,8);1H3. The van der Waals surface area contributed by atoms with Crippen molar-refractivity contribution >= 4 is 11.9 Å². The smallest absolute Gasteiger partial charge is 0.435 e. The number of hydroxylamine groups is 1. The Morgan fingerprint density at radius 2 is 2.09 bits per heavy atom. The van der Waals surface area contributed by atoms with Crippen LogP contribution in [-0.2, 0) is 14.4 Å². The van der Waals surface area contributed by atoms with Crippen LogP contribution in [-0.4, -0.2) is 30.1 Å². The molecule has 0 aromatic rings. The molecule has 0 radical (unpaired) electrons. The van der Waals surface area contributed by atoms with Crippen molar-refractivity contribution in [3.63, 3.8) is 0 Å². The summed E-state index contributed by atoms with van der Waals surface area (Å²) in [5.74, 6) is -2.97. The van der Waals surface area contributed by atoms with E-state index in [-0.39, 0.29) is 19.2 Å². The Balaban J connectivity index is 0. The zero-order valence-electron chi connectivity index (χ0n) is 5.87. The highest BCUT2D eigenvalue weighted by molar-refractivity contribution is 6.28. The Hall–Kier alpha value is -1.18. The number of carbonyl (C=O) groups is 2. The molecular weight excluding hydrogens is 154 g/mol. The summed E-state index contributed by atoms with van der Waals surface area (Å²) in [4.78, 5) is 23.8. The van der Waals surface area contributed by atoms with Gasteiger partial charge >= 0.3 is 11.9 Å². The molecule has 0 atom stereocenters. The van der Waals surface area contributed by atoms with Crippen LogP contribution in [0.3, 0.4) is 0 Å². The first-order valence-electron chi connectivity index (χ1n) is 2.55. The van der Waals surface area contributed by atoms with Crippen LogP contribution in [0.5, 0.6) is 0 Å². The predicted molar refractivity (Wildman–Crippen MR) is 35.8 cm³/mol. The molecule has 0 amide bonds. The van der Waals surface area contributed by atoms with Crippen molar-refractivity contribution in [2.24, 2.45) is 5.73 Å². The normalized spacial score (nSPS) is 8.09. The molecule has 0 spiro atoms.